The van der Waals surface area contributed by atoms with E-state index in [1.54, 1.807) is 7.11 Å². The minimum Gasteiger partial charge on any atom is -0.384 e. The first-order chi connectivity index (χ1) is 9.71. The van der Waals surface area contributed by atoms with Crippen molar-refractivity contribution in [2.24, 2.45) is 0 Å². The van der Waals surface area contributed by atoms with Gasteiger partial charge in [-0.2, -0.15) is 0 Å². The summed E-state index contributed by atoms with van der Waals surface area (Å²) in [4.78, 5) is 2.52. The topological polar surface area (TPSA) is 24.5 Å². The summed E-state index contributed by atoms with van der Waals surface area (Å²) in [5, 5.41) is 3.48. The number of nitrogens with zero attached hydrogens (tertiary/aromatic N) is 1. The lowest BCUT2D eigenvalue weighted by atomic mass is 10.1. The number of methoxy groups -OCH3 is 1. The third kappa shape index (κ3) is 6.25. The molecule has 0 heterocycles. The van der Waals surface area contributed by atoms with E-state index in [0.717, 1.165) is 36.4 Å². The summed E-state index contributed by atoms with van der Waals surface area (Å²) >= 11 is 3.50. The first-order valence-electron chi connectivity index (χ1n) is 7.43. The molecule has 1 rings (SSSR count). The molecule has 20 heavy (non-hydrogen) atoms. The number of benzene rings is 1. The van der Waals surface area contributed by atoms with Crippen molar-refractivity contribution < 1.29 is 4.74 Å². The first-order valence-corrected chi connectivity index (χ1v) is 8.23. The van der Waals surface area contributed by atoms with Gasteiger partial charge in [0.1, 0.15) is 0 Å². The van der Waals surface area contributed by atoms with E-state index in [1.165, 1.54) is 12.8 Å². The van der Waals surface area contributed by atoms with E-state index < -0.39 is 0 Å². The van der Waals surface area contributed by atoms with Gasteiger partial charge in [-0.05, 0) is 31.0 Å². The molecule has 0 fully saturated rings. The SMILES string of the molecule is CCC(CC)N(CCNc1cccc(Br)c1)CCOC. The normalized spacial score (nSPS) is 11.3. The Kier molecular flexibility index (Phi) is 8.90. The Balaban J connectivity index is 2.44. The second-order valence-electron chi connectivity index (χ2n) is 4.94. The monoisotopic (exact) mass is 342 g/mol. The van der Waals surface area contributed by atoms with Gasteiger partial charge in [-0.1, -0.05) is 35.8 Å². The van der Waals surface area contributed by atoms with E-state index in [-0.39, 0.29) is 0 Å². The van der Waals surface area contributed by atoms with Gasteiger partial charge in [0.15, 0.2) is 0 Å². The van der Waals surface area contributed by atoms with Crippen LogP contribution in [0.15, 0.2) is 28.7 Å². The lowest BCUT2D eigenvalue weighted by molar-refractivity contribution is 0.118. The molecular weight excluding hydrogens is 316 g/mol. The molecule has 0 aliphatic rings. The molecule has 0 amide bonds. The molecule has 1 N–H and O–H groups in total. The van der Waals surface area contributed by atoms with E-state index in [2.05, 4.69) is 58.2 Å². The summed E-state index contributed by atoms with van der Waals surface area (Å²) in [5.74, 6) is 0. The average Bonchev–Trinajstić information content (AvgIpc) is 2.45. The minimum absolute atomic E-state index is 0.648. The van der Waals surface area contributed by atoms with Gasteiger partial charge in [-0.15, -0.1) is 0 Å². The highest BCUT2D eigenvalue weighted by Gasteiger charge is 2.14. The number of nitrogens with one attached hydrogen (secondary N) is 1. The van der Waals surface area contributed by atoms with Crippen molar-refractivity contribution in [3.63, 3.8) is 0 Å². The number of anilines is 1. The van der Waals surface area contributed by atoms with Crippen molar-refractivity contribution in [3.05, 3.63) is 28.7 Å². The second kappa shape index (κ2) is 10.2. The molecular formula is C16H27BrN2O. The molecule has 0 saturated heterocycles. The number of hydrogen-bond acceptors (Lipinski definition) is 3. The van der Waals surface area contributed by atoms with Crippen LogP contribution in [-0.4, -0.2) is 44.3 Å². The molecule has 0 aliphatic heterocycles. The van der Waals surface area contributed by atoms with Crippen LogP contribution in [0.3, 0.4) is 0 Å². The van der Waals surface area contributed by atoms with Crippen LogP contribution in [0.5, 0.6) is 0 Å². The molecule has 114 valence electrons. The summed E-state index contributed by atoms with van der Waals surface area (Å²) in [6.07, 6.45) is 2.38. The highest BCUT2D eigenvalue weighted by molar-refractivity contribution is 9.10. The zero-order chi connectivity index (χ0) is 14.8. The fraction of sp³-hybridized carbons (Fsp3) is 0.625. The Labute approximate surface area is 131 Å². The van der Waals surface area contributed by atoms with Crippen molar-refractivity contribution in [3.8, 4) is 0 Å². The van der Waals surface area contributed by atoms with Gasteiger partial charge < -0.3 is 10.1 Å². The minimum atomic E-state index is 0.648. The van der Waals surface area contributed by atoms with E-state index >= 15 is 0 Å². The Morgan fingerprint density at radius 1 is 1.25 bits per heavy atom. The van der Waals surface area contributed by atoms with Crippen LogP contribution in [0.1, 0.15) is 26.7 Å². The number of ether oxygens (including phenoxy) is 1. The van der Waals surface area contributed by atoms with Crippen LogP contribution in [-0.2, 0) is 4.74 Å². The molecule has 1 aromatic carbocycles. The van der Waals surface area contributed by atoms with Gasteiger partial charge in [-0.3, -0.25) is 4.90 Å². The molecule has 4 heteroatoms. The second-order valence-corrected chi connectivity index (χ2v) is 5.85. The highest BCUT2D eigenvalue weighted by atomic mass is 79.9. The van der Waals surface area contributed by atoms with Gasteiger partial charge in [0.25, 0.3) is 0 Å². The van der Waals surface area contributed by atoms with Crippen LogP contribution >= 0.6 is 15.9 Å². The first kappa shape index (κ1) is 17.5. The lowest BCUT2D eigenvalue weighted by Crippen LogP contribution is -2.40. The molecule has 0 unspecified atom stereocenters. The van der Waals surface area contributed by atoms with Gasteiger partial charge in [0.2, 0.25) is 0 Å². The van der Waals surface area contributed by atoms with Crippen molar-refractivity contribution in [2.45, 2.75) is 32.7 Å². The summed E-state index contributed by atoms with van der Waals surface area (Å²) in [6, 6.07) is 8.95. The van der Waals surface area contributed by atoms with Crippen LogP contribution in [0.2, 0.25) is 0 Å². The van der Waals surface area contributed by atoms with E-state index in [0.29, 0.717) is 6.04 Å². The molecule has 0 aliphatic carbocycles. The van der Waals surface area contributed by atoms with E-state index in [1.807, 2.05) is 6.07 Å². The summed E-state index contributed by atoms with van der Waals surface area (Å²) in [5.41, 5.74) is 1.16. The Morgan fingerprint density at radius 3 is 2.60 bits per heavy atom. The molecule has 0 bridgehead atoms. The van der Waals surface area contributed by atoms with Crippen LogP contribution in [0.25, 0.3) is 0 Å². The molecule has 3 nitrogen and oxygen atoms in total. The Morgan fingerprint density at radius 2 is 2.00 bits per heavy atom. The smallest absolute Gasteiger partial charge is 0.0589 e. The molecule has 0 radical (unpaired) electrons. The zero-order valence-corrected chi connectivity index (χ0v) is 14.4. The van der Waals surface area contributed by atoms with Crippen molar-refractivity contribution in [1.82, 2.24) is 4.90 Å². The maximum atomic E-state index is 5.22. The predicted molar refractivity (Wildman–Crippen MR) is 90.5 cm³/mol. The van der Waals surface area contributed by atoms with Crippen LogP contribution in [0, 0.1) is 0 Å². The zero-order valence-electron chi connectivity index (χ0n) is 12.9. The molecule has 0 spiro atoms. The molecule has 0 atom stereocenters. The lowest BCUT2D eigenvalue weighted by Gasteiger charge is -2.30. The summed E-state index contributed by atoms with van der Waals surface area (Å²) in [7, 11) is 1.77. The van der Waals surface area contributed by atoms with Crippen LogP contribution in [0.4, 0.5) is 5.69 Å². The van der Waals surface area contributed by atoms with Crippen molar-refractivity contribution in [1.29, 1.82) is 0 Å². The highest BCUT2D eigenvalue weighted by Crippen LogP contribution is 2.15. The van der Waals surface area contributed by atoms with E-state index in [4.69, 9.17) is 4.74 Å². The fourth-order valence-electron chi connectivity index (χ4n) is 2.43. The summed E-state index contributed by atoms with van der Waals surface area (Å²) in [6.45, 7) is 8.32. The number of hydrogen-bond donors (Lipinski definition) is 1. The van der Waals surface area contributed by atoms with Crippen LogP contribution < -0.4 is 5.32 Å². The molecule has 0 saturated carbocycles. The number of rotatable bonds is 10. The third-order valence-corrected chi connectivity index (χ3v) is 4.09. The molecule has 0 aromatic heterocycles. The maximum absolute atomic E-state index is 5.22. The Bertz CT molecular complexity index is 369. The average molecular weight is 343 g/mol. The largest absolute Gasteiger partial charge is 0.384 e. The standard InChI is InChI=1S/C16H27BrN2O/c1-4-16(5-2)19(11-12-20-3)10-9-18-15-8-6-7-14(17)13-15/h6-8,13,16,18H,4-5,9-12H2,1-3H3. The van der Waals surface area contributed by atoms with Gasteiger partial charge >= 0.3 is 0 Å². The van der Waals surface area contributed by atoms with Crippen molar-refractivity contribution in [2.75, 3.05) is 38.7 Å². The number of halogens is 1. The van der Waals surface area contributed by atoms with Crippen molar-refractivity contribution >= 4 is 21.6 Å². The maximum Gasteiger partial charge on any atom is 0.0589 e. The van der Waals surface area contributed by atoms with Gasteiger partial charge in [0, 0.05) is 42.9 Å². The third-order valence-electron chi connectivity index (χ3n) is 3.59. The van der Waals surface area contributed by atoms with Gasteiger partial charge in [-0.25, -0.2) is 0 Å². The quantitative estimate of drug-likeness (QED) is 0.695. The Hall–Kier alpha value is -0.580. The molecule has 1 aromatic rings. The van der Waals surface area contributed by atoms with Gasteiger partial charge in [0.05, 0.1) is 6.61 Å². The predicted octanol–water partition coefficient (Wildman–Crippen LogP) is 4.00. The fourth-order valence-corrected chi connectivity index (χ4v) is 2.83. The summed E-state index contributed by atoms with van der Waals surface area (Å²) < 4.78 is 6.33. The van der Waals surface area contributed by atoms with E-state index in [9.17, 15) is 0 Å².